The molecule has 0 atom stereocenters. The number of hydrogen-bond donors (Lipinski definition) is 0. The van der Waals surface area contributed by atoms with Crippen molar-refractivity contribution in [2.24, 2.45) is 0 Å². The monoisotopic (exact) mass is 140 g/mol. The van der Waals surface area contributed by atoms with Gasteiger partial charge in [-0.25, -0.2) is 0 Å². The first-order valence-corrected chi connectivity index (χ1v) is 2.27. The molecular formula is C6H13NaO2. The molecule has 0 aliphatic heterocycles. The second-order valence-corrected chi connectivity index (χ2v) is 0.816. The number of carbonyl (C=O) groups excluding carboxylic acids is 2. The van der Waals surface area contributed by atoms with Gasteiger partial charge in [-0.3, -0.25) is 0 Å². The van der Waals surface area contributed by atoms with E-state index in [9.17, 15) is 0 Å². The molecular weight excluding hydrogens is 127 g/mol. The van der Waals surface area contributed by atoms with E-state index in [1.165, 1.54) is 6.42 Å². The summed E-state index contributed by atoms with van der Waals surface area (Å²) in [5, 5.41) is 0. The molecule has 0 radical (unpaired) electrons. The quantitative estimate of drug-likeness (QED) is 0.320. The van der Waals surface area contributed by atoms with E-state index in [0.717, 1.165) is 0 Å². The van der Waals surface area contributed by atoms with Crippen molar-refractivity contribution in [1.82, 2.24) is 0 Å². The average molecular weight is 140 g/mol. The molecule has 0 aromatic rings. The zero-order valence-electron chi connectivity index (χ0n) is 6.52. The van der Waals surface area contributed by atoms with Gasteiger partial charge in [0.15, 0.2) is 0 Å². The van der Waals surface area contributed by atoms with Crippen molar-refractivity contribution in [2.45, 2.75) is 20.3 Å². The Kier molecular flexibility index (Phi) is 208. The number of unbranched alkanes of at least 4 members (excludes halogenated alkanes) is 1. The van der Waals surface area contributed by atoms with Crippen molar-refractivity contribution < 1.29 is 39.1 Å². The van der Waals surface area contributed by atoms with Gasteiger partial charge in [-0.05, 0) is 0 Å². The Morgan fingerprint density at radius 3 is 1.33 bits per heavy atom. The van der Waals surface area contributed by atoms with E-state index in [-0.39, 0.29) is 29.6 Å². The number of rotatable bonds is 1. The molecule has 3 heteroatoms. The molecule has 0 bridgehead atoms. The van der Waals surface area contributed by atoms with Crippen molar-refractivity contribution in [2.75, 3.05) is 0 Å². The van der Waals surface area contributed by atoms with Crippen molar-refractivity contribution in [3.8, 4) is 0 Å². The minimum absolute atomic E-state index is 0. The van der Waals surface area contributed by atoms with Gasteiger partial charge in [-0.15, -0.1) is 0 Å². The standard InChI is InChI=1S/C4H9.2CH2O.Na/c1-3-4-2;2*1-2;/h3H,4H2,1-2H3;2*1H2;/q-1;;;+1. The van der Waals surface area contributed by atoms with Crippen LogP contribution in [0.3, 0.4) is 0 Å². The van der Waals surface area contributed by atoms with E-state index in [1.807, 2.05) is 13.6 Å². The third-order valence-electron chi connectivity index (χ3n) is 0.408. The smallest absolute Gasteiger partial charge is 0.332 e. The van der Waals surface area contributed by atoms with Crippen LogP contribution in [0, 0.1) is 6.42 Å². The summed E-state index contributed by atoms with van der Waals surface area (Å²) in [6.45, 7) is 8.18. The van der Waals surface area contributed by atoms with Gasteiger partial charge in [0.25, 0.3) is 0 Å². The molecule has 0 aliphatic rings. The summed E-state index contributed by atoms with van der Waals surface area (Å²) in [5.74, 6) is 0. The normalized spacial score (nSPS) is 4.22. The second-order valence-electron chi connectivity index (χ2n) is 0.816. The summed E-state index contributed by atoms with van der Waals surface area (Å²) in [6, 6.07) is 0. The Morgan fingerprint density at radius 2 is 1.33 bits per heavy atom. The van der Waals surface area contributed by atoms with E-state index in [0.29, 0.717) is 0 Å². The molecule has 50 valence electrons. The Hall–Kier alpha value is 0.340. The van der Waals surface area contributed by atoms with E-state index < -0.39 is 0 Å². The number of carbonyl (C=O) groups is 2. The van der Waals surface area contributed by atoms with Crippen LogP contribution in [0.5, 0.6) is 0 Å². The first-order valence-electron chi connectivity index (χ1n) is 2.27. The molecule has 2 nitrogen and oxygen atoms in total. The van der Waals surface area contributed by atoms with Gasteiger partial charge < -0.3 is 16.0 Å². The van der Waals surface area contributed by atoms with E-state index >= 15 is 0 Å². The van der Waals surface area contributed by atoms with Crippen molar-refractivity contribution in [1.29, 1.82) is 0 Å². The molecule has 0 saturated heterocycles. The maximum absolute atomic E-state index is 8.00. The third-order valence-corrected chi connectivity index (χ3v) is 0.408. The van der Waals surface area contributed by atoms with E-state index in [4.69, 9.17) is 9.59 Å². The van der Waals surface area contributed by atoms with Crippen LogP contribution in [0.2, 0.25) is 0 Å². The summed E-state index contributed by atoms with van der Waals surface area (Å²) in [6.07, 6.45) is 3.32. The van der Waals surface area contributed by atoms with Gasteiger partial charge in [-0.2, -0.15) is 13.3 Å². The minimum Gasteiger partial charge on any atom is -0.332 e. The summed E-state index contributed by atoms with van der Waals surface area (Å²) in [5.41, 5.74) is 0. The zero-order valence-corrected chi connectivity index (χ0v) is 8.52. The zero-order chi connectivity index (χ0) is 7.41. The Bertz CT molecular complexity index is 23.0. The maximum atomic E-state index is 8.00. The SMILES string of the molecule is C=O.C=O.C[CH-]CC.[Na+]. The topological polar surface area (TPSA) is 34.1 Å². The van der Waals surface area contributed by atoms with Crippen molar-refractivity contribution >= 4 is 13.6 Å². The molecule has 9 heavy (non-hydrogen) atoms. The van der Waals surface area contributed by atoms with Gasteiger partial charge in [0, 0.05) is 0 Å². The summed E-state index contributed by atoms with van der Waals surface area (Å²) in [4.78, 5) is 16.0. The van der Waals surface area contributed by atoms with Crippen LogP contribution in [0.1, 0.15) is 20.3 Å². The molecule has 0 unspecified atom stereocenters. The molecule has 0 aromatic carbocycles. The average Bonchev–Trinajstić information content (AvgIpc) is 1.96. The Balaban J connectivity index is -0.0000000221. The molecule has 0 spiro atoms. The van der Waals surface area contributed by atoms with Crippen molar-refractivity contribution in [3.05, 3.63) is 6.42 Å². The van der Waals surface area contributed by atoms with Gasteiger partial charge in [0.05, 0.1) is 0 Å². The fourth-order valence-corrected chi connectivity index (χ4v) is 0. The van der Waals surface area contributed by atoms with Crippen LogP contribution in [0.25, 0.3) is 0 Å². The molecule has 0 amide bonds. The second kappa shape index (κ2) is 82.1. The molecule has 0 heterocycles. The predicted octanol–water partition coefficient (Wildman–Crippen LogP) is -1.75. The van der Waals surface area contributed by atoms with Crippen molar-refractivity contribution in [3.63, 3.8) is 0 Å². The van der Waals surface area contributed by atoms with Gasteiger partial charge >= 0.3 is 29.6 Å². The first kappa shape index (κ1) is 22.8. The number of hydrogen-bond acceptors (Lipinski definition) is 2. The van der Waals surface area contributed by atoms with Crippen LogP contribution in [0.15, 0.2) is 0 Å². The molecule has 0 aliphatic carbocycles. The minimum atomic E-state index is 0. The van der Waals surface area contributed by atoms with Gasteiger partial charge in [0.2, 0.25) is 0 Å². The Labute approximate surface area is 79.3 Å². The van der Waals surface area contributed by atoms with Crippen LogP contribution in [-0.2, 0) is 9.59 Å². The first-order chi connectivity index (χ1) is 3.91. The third kappa shape index (κ3) is 187. The van der Waals surface area contributed by atoms with Crippen LogP contribution >= 0.6 is 0 Å². The van der Waals surface area contributed by atoms with Crippen LogP contribution < -0.4 is 29.6 Å². The van der Waals surface area contributed by atoms with Gasteiger partial charge in [-0.1, -0.05) is 6.92 Å². The summed E-state index contributed by atoms with van der Waals surface area (Å²) < 4.78 is 0. The maximum Gasteiger partial charge on any atom is 1.00 e. The molecule has 0 rings (SSSR count). The molecule has 0 fully saturated rings. The molecule has 0 saturated carbocycles. The van der Waals surface area contributed by atoms with Gasteiger partial charge in [0.1, 0.15) is 13.6 Å². The molecule has 0 aromatic heterocycles. The van der Waals surface area contributed by atoms with Crippen LogP contribution in [-0.4, -0.2) is 13.6 Å². The molecule has 0 N–H and O–H groups in total. The fourth-order valence-electron chi connectivity index (χ4n) is 0. The summed E-state index contributed by atoms with van der Waals surface area (Å²) >= 11 is 0. The largest absolute Gasteiger partial charge is 1.00 e. The van der Waals surface area contributed by atoms with Crippen LogP contribution in [0.4, 0.5) is 0 Å². The summed E-state index contributed by atoms with van der Waals surface area (Å²) in [7, 11) is 0. The van der Waals surface area contributed by atoms with E-state index in [1.54, 1.807) is 0 Å². The predicted molar refractivity (Wildman–Crippen MR) is 34.5 cm³/mol. The Morgan fingerprint density at radius 1 is 1.22 bits per heavy atom. The van der Waals surface area contributed by atoms with E-state index in [2.05, 4.69) is 20.3 Å². The fraction of sp³-hybridized carbons (Fsp3) is 0.500.